The van der Waals surface area contributed by atoms with Crippen LogP contribution in [-0.4, -0.2) is 22.7 Å². The average Bonchev–Trinajstić information content (AvgIpc) is 2.66. The van der Waals surface area contributed by atoms with Gasteiger partial charge in [-0.3, -0.25) is 9.59 Å². The Morgan fingerprint density at radius 3 is 2.63 bits per heavy atom. The van der Waals surface area contributed by atoms with Gasteiger partial charge in [-0.1, -0.05) is 12.2 Å². The Labute approximate surface area is 113 Å². The molecule has 2 N–H and O–H groups in total. The fourth-order valence-corrected chi connectivity index (χ4v) is 2.62. The number of aromatic amines is 1. The molecule has 1 unspecified atom stereocenters. The molecule has 1 aromatic rings. The summed E-state index contributed by atoms with van der Waals surface area (Å²) in [5, 5.41) is 3.01. The molecule has 1 aromatic heterocycles. The number of H-pyrrole nitrogens is 1. The van der Waals surface area contributed by atoms with Gasteiger partial charge in [0.1, 0.15) is 0 Å². The third-order valence-electron chi connectivity index (χ3n) is 3.59. The molecule has 0 aromatic carbocycles. The first-order chi connectivity index (χ1) is 9.00. The van der Waals surface area contributed by atoms with Crippen molar-refractivity contribution in [1.82, 2.24) is 10.3 Å². The number of carbonyl (C=O) groups excluding carboxylic acids is 2. The number of allylic oxidation sites excluding steroid dienone is 1. The fraction of sp³-hybridized carbons (Fsp3) is 0.467. The van der Waals surface area contributed by atoms with Crippen LogP contribution < -0.4 is 5.32 Å². The topological polar surface area (TPSA) is 62.0 Å². The van der Waals surface area contributed by atoms with Crippen molar-refractivity contribution in [3.63, 3.8) is 0 Å². The third kappa shape index (κ3) is 2.78. The lowest BCUT2D eigenvalue weighted by molar-refractivity contribution is 0.0940. The predicted molar refractivity (Wildman–Crippen MR) is 74.5 cm³/mol. The van der Waals surface area contributed by atoms with E-state index in [0.29, 0.717) is 11.3 Å². The smallest absolute Gasteiger partial charge is 0.253 e. The first kappa shape index (κ1) is 13.6. The molecule has 1 aliphatic rings. The van der Waals surface area contributed by atoms with Gasteiger partial charge >= 0.3 is 0 Å². The van der Waals surface area contributed by atoms with Crippen LogP contribution in [0.1, 0.15) is 58.3 Å². The number of aryl methyl sites for hydroxylation is 1. The van der Waals surface area contributed by atoms with E-state index >= 15 is 0 Å². The van der Waals surface area contributed by atoms with E-state index in [9.17, 15) is 9.59 Å². The maximum atomic E-state index is 12.3. The molecule has 1 heterocycles. The Balaban J connectivity index is 2.21. The number of carbonyl (C=O) groups is 2. The second kappa shape index (κ2) is 5.43. The Morgan fingerprint density at radius 2 is 2.11 bits per heavy atom. The van der Waals surface area contributed by atoms with Crippen molar-refractivity contribution in [2.24, 2.45) is 0 Å². The lowest BCUT2D eigenvalue weighted by Gasteiger charge is -2.18. The lowest BCUT2D eigenvalue weighted by Crippen LogP contribution is -2.34. The van der Waals surface area contributed by atoms with E-state index < -0.39 is 0 Å². The Kier molecular flexibility index (Phi) is 3.88. The zero-order valence-electron chi connectivity index (χ0n) is 11.7. The fourth-order valence-electron chi connectivity index (χ4n) is 2.62. The van der Waals surface area contributed by atoms with Gasteiger partial charge in [0, 0.05) is 18.7 Å². The normalized spacial score (nSPS) is 18.4. The minimum atomic E-state index is -0.102. The number of hydrogen-bond donors (Lipinski definition) is 2. The molecule has 0 fully saturated rings. The van der Waals surface area contributed by atoms with Gasteiger partial charge in [-0.15, -0.1) is 0 Å². The molecule has 0 radical (unpaired) electrons. The molecular formula is C15H20N2O2. The van der Waals surface area contributed by atoms with Gasteiger partial charge < -0.3 is 10.3 Å². The summed E-state index contributed by atoms with van der Waals surface area (Å²) in [5.41, 5.74) is 2.62. The van der Waals surface area contributed by atoms with Crippen LogP contribution in [0, 0.1) is 13.8 Å². The molecule has 2 rings (SSSR count). The van der Waals surface area contributed by atoms with Crippen LogP contribution in [0.2, 0.25) is 0 Å². The Hall–Kier alpha value is -1.84. The number of amides is 1. The quantitative estimate of drug-likeness (QED) is 0.648. The molecule has 0 aliphatic heterocycles. The number of aromatic nitrogens is 1. The van der Waals surface area contributed by atoms with E-state index in [2.05, 4.69) is 16.4 Å². The molecule has 1 amide bonds. The van der Waals surface area contributed by atoms with Crippen molar-refractivity contribution in [2.75, 3.05) is 0 Å². The summed E-state index contributed by atoms with van der Waals surface area (Å²) in [7, 11) is 0. The molecule has 0 spiro atoms. The number of hydrogen-bond acceptors (Lipinski definition) is 2. The van der Waals surface area contributed by atoms with E-state index in [0.717, 1.165) is 30.5 Å². The summed E-state index contributed by atoms with van der Waals surface area (Å²) < 4.78 is 0. The Bertz CT molecular complexity index is 541. The molecule has 0 saturated carbocycles. The van der Waals surface area contributed by atoms with Crippen molar-refractivity contribution in [2.45, 2.75) is 46.1 Å². The standard InChI is InChI=1S/C15H20N2O2/c1-9-13(10(2)16-14(9)11(3)18)15(19)17-12-7-5-4-6-8-12/h5,7,12,16H,4,6,8H2,1-3H3,(H,17,19). The van der Waals surface area contributed by atoms with Crippen LogP contribution in [0.3, 0.4) is 0 Å². The van der Waals surface area contributed by atoms with E-state index in [-0.39, 0.29) is 17.7 Å². The highest BCUT2D eigenvalue weighted by atomic mass is 16.2. The van der Waals surface area contributed by atoms with Crippen LogP contribution in [0.5, 0.6) is 0 Å². The Morgan fingerprint density at radius 1 is 1.37 bits per heavy atom. The first-order valence-corrected chi connectivity index (χ1v) is 6.68. The highest BCUT2D eigenvalue weighted by Crippen LogP contribution is 2.19. The van der Waals surface area contributed by atoms with Crippen LogP contribution in [0.15, 0.2) is 12.2 Å². The summed E-state index contributed by atoms with van der Waals surface area (Å²) in [6.45, 7) is 5.14. The SMILES string of the molecule is CC(=O)c1[nH]c(C)c(C(=O)NC2C=CCCC2)c1C. The van der Waals surface area contributed by atoms with Gasteiger partial charge in [0.25, 0.3) is 5.91 Å². The molecule has 19 heavy (non-hydrogen) atoms. The van der Waals surface area contributed by atoms with E-state index in [4.69, 9.17) is 0 Å². The van der Waals surface area contributed by atoms with Crippen molar-refractivity contribution >= 4 is 11.7 Å². The molecule has 0 saturated heterocycles. The zero-order valence-corrected chi connectivity index (χ0v) is 11.7. The van der Waals surface area contributed by atoms with Gasteiger partial charge in [0.2, 0.25) is 0 Å². The third-order valence-corrected chi connectivity index (χ3v) is 3.59. The molecule has 1 atom stereocenters. The number of Topliss-reactive ketones (excluding diaryl/α,β-unsaturated/α-hetero) is 1. The van der Waals surface area contributed by atoms with E-state index in [1.54, 1.807) is 0 Å². The maximum Gasteiger partial charge on any atom is 0.253 e. The average molecular weight is 260 g/mol. The van der Waals surface area contributed by atoms with Crippen LogP contribution in [-0.2, 0) is 0 Å². The van der Waals surface area contributed by atoms with Gasteiger partial charge in [-0.2, -0.15) is 0 Å². The monoisotopic (exact) mass is 260 g/mol. The molecular weight excluding hydrogens is 240 g/mol. The van der Waals surface area contributed by atoms with Gasteiger partial charge in [-0.05, 0) is 38.7 Å². The van der Waals surface area contributed by atoms with Crippen molar-refractivity contribution in [1.29, 1.82) is 0 Å². The largest absolute Gasteiger partial charge is 0.355 e. The van der Waals surface area contributed by atoms with Crippen molar-refractivity contribution in [3.05, 3.63) is 34.7 Å². The lowest BCUT2D eigenvalue weighted by atomic mass is 10.0. The molecule has 4 heteroatoms. The van der Waals surface area contributed by atoms with Gasteiger partial charge in [0.05, 0.1) is 11.3 Å². The molecule has 1 aliphatic carbocycles. The minimum Gasteiger partial charge on any atom is -0.355 e. The highest BCUT2D eigenvalue weighted by Gasteiger charge is 2.21. The second-order valence-electron chi connectivity index (χ2n) is 5.12. The van der Waals surface area contributed by atoms with E-state index in [1.165, 1.54) is 6.92 Å². The summed E-state index contributed by atoms with van der Waals surface area (Å²) in [4.78, 5) is 26.8. The van der Waals surface area contributed by atoms with Gasteiger partial charge in [-0.25, -0.2) is 0 Å². The summed E-state index contributed by atoms with van der Waals surface area (Å²) >= 11 is 0. The second-order valence-corrected chi connectivity index (χ2v) is 5.12. The van der Waals surface area contributed by atoms with Crippen molar-refractivity contribution < 1.29 is 9.59 Å². The molecule has 0 bridgehead atoms. The molecule has 4 nitrogen and oxygen atoms in total. The zero-order chi connectivity index (χ0) is 14.0. The van der Waals surface area contributed by atoms with Gasteiger partial charge in [0.15, 0.2) is 5.78 Å². The predicted octanol–water partition coefficient (Wildman–Crippen LogP) is 2.67. The minimum absolute atomic E-state index is 0.0442. The summed E-state index contributed by atoms with van der Waals surface area (Å²) in [6.07, 6.45) is 7.31. The first-order valence-electron chi connectivity index (χ1n) is 6.68. The van der Waals surface area contributed by atoms with Crippen molar-refractivity contribution in [3.8, 4) is 0 Å². The van der Waals surface area contributed by atoms with Crippen LogP contribution in [0.4, 0.5) is 0 Å². The van der Waals surface area contributed by atoms with Crippen LogP contribution in [0.25, 0.3) is 0 Å². The molecule has 102 valence electrons. The number of nitrogens with one attached hydrogen (secondary N) is 2. The summed E-state index contributed by atoms with van der Waals surface area (Å²) in [6, 6.07) is 0.107. The van der Waals surface area contributed by atoms with Crippen LogP contribution >= 0.6 is 0 Å². The maximum absolute atomic E-state index is 12.3. The number of ketones is 1. The number of rotatable bonds is 3. The summed E-state index contributed by atoms with van der Waals surface area (Å²) in [5.74, 6) is -0.146. The highest BCUT2D eigenvalue weighted by molar-refractivity contribution is 6.02. The van der Waals surface area contributed by atoms with E-state index in [1.807, 2.05) is 19.9 Å².